The van der Waals surface area contributed by atoms with Crippen molar-refractivity contribution in [3.63, 3.8) is 0 Å². The Labute approximate surface area is 117 Å². The van der Waals surface area contributed by atoms with Gasteiger partial charge in [-0.3, -0.25) is 14.5 Å². The molecule has 1 atom stereocenters. The highest BCUT2D eigenvalue weighted by Crippen LogP contribution is 2.31. The van der Waals surface area contributed by atoms with Crippen LogP contribution in [0.3, 0.4) is 0 Å². The lowest BCUT2D eigenvalue weighted by Crippen LogP contribution is -2.43. The highest BCUT2D eigenvalue weighted by atomic mass is 16.4. The van der Waals surface area contributed by atoms with Crippen molar-refractivity contribution in [2.24, 2.45) is 5.92 Å². The second-order valence-corrected chi connectivity index (χ2v) is 5.11. The molecule has 1 aliphatic rings. The first-order chi connectivity index (χ1) is 9.61. The molecule has 2 N–H and O–H groups in total. The Morgan fingerprint density at radius 2 is 1.50 bits per heavy atom. The Balaban J connectivity index is 2.37. The fourth-order valence-electron chi connectivity index (χ4n) is 2.84. The normalized spacial score (nSPS) is 17.9. The van der Waals surface area contributed by atoms with Crippen LogP contribution in [0.25, 0.3) is 0 Å². The van der Waals surface area contributed by atoms with E-state index in [9.17, 15) is 19.8 Å². The molecule has 0 saturated carbocycles. The Kier molecular flexibility index (Phi) is 4.74. The number of carboxylic acids is 2. The zero-order valence-electron chi connectivity index (χ0n) is 11.2. The van der Waals surface area contributed by atoms with E-state index in [2.05, 4.69) is 0 Å². The number of benzene rings is 1. The third kappa shape index (κ3) is 3.17. The minimum atomic E-state index is -1.43. The van der Waals surface area contributed by atoms with Crippen LogP contribution < -0.4 is 0 Å². The van der Waals surface area contributed by atoms with Gasteiger partial charge in [0.05, 0.1) is 6.04 Å². The van der Waals surface area contributed by atoms with Crippen molar-refractivity contribution in [2.75, 3.05) is 13.1 Å². The van der Waals surface area contributed by atoms with Crippen LogP contribution in [-0.4, -0.2) is 40.1 Å². The molecule has 0 spiro atoms. The molecule has 1 fully saturated rings. The Morgan fingerprint density at radius 3 is 2.00 bits per heavy atom. The molecule has 20 heavy (non-hydrogen) atoms. The van der Waals surface area contributed by atoms with Crippen LogP contribution in [0.4, 0.5) is 0 Å². The van der Waals surface area contributed by atoms with Crippen LogP contribution in [0.1, 0.15) is 30.9 Å². The zero-order chi connectivity index (χ0) is 14.5. The van der Waals surface area contributed by atoms with Gasteiger partial charge >= 0.3 is 11.9 Å². The van der Waals surface area contributed by atoms with Crippen molar-refractivity contribution >= 4 is 11.9 Å². The molecule has 0 radical (unpaired) electrons. The largest absolute Gasteiger partial charge is 0.481 e. The van der Waals surface area contributed by atoms with Crippen LogP contribution in [0, 0.1) is 5.92 Å². The number of aliphatic carboxylic acids is 2. The fraction of sp³-hybridized carbons (Fsp3) is 0.467. The molecule has 1 aromatic carbocycles. The van der Waals surface area contributed by atoms with Gasteiger partial charge in [0.25, 0.3) is 0 Å². The first-order valence-electron chi connectivity index (χ1n) is 6.86. The summed E-state index contributed by atoms with van der Waals surface area (Å²) in [7, 11) is 0. The highest BCUT2D eigenvalue weighted by molar-refractivity contribution is 5.94. The molecule has 0 aromatic heterocycles. The molecular weight excluding hydrogens is 258 g/mol. The molecule has 0 aliphatic carbocycles. The summed E-state index contributed by atoms with van der Waals surface area (Å²) < 4.78 is 0. The van der Waals surface area contributed by atoms with E-state index in [4.69, 9.17) is 0 Å². The Morgan fingerprint density at radius 1 is 0.950 bits per heavy atom. The van der Waals surface area contributed by atoms with E-state index >= 15 is 0 Å². The summed E-state index contributed by atoms with van der Waals surface area (Å²) in [6, 6.07) is 8.47. The van der Waals surface area contributed by atoms with Gasteiger partial charge in [-0.05, 0) is 31.5 Å². The quantitative estimate of drug-likeness (QED) is 0.805. The van der Waals surface area contributed by atoms with Crippen LogP contribution >= 0.6 is 0 Å². The minimum absolute atomic E-state index is 0.605. The molecule has 0 amide bonds. The van der Waals surface area contributed by atoms with Crippen LogP contribution in [0.5, 0.6) is 0 Å². The summed E-state index contributed by atoms with van der Waals surface area (Å²) >= 11 is 0. The lowest BCUT2D eigenvalue weighted by atomic mass is 9.90. The molecule has 1 aliphatic heterocycles. The van der Waals surface area contributed by atoms with Gasteiger partial charge in [-0.15, -0.1) is 0 Å². The molecule has 5 heteroatoms. The zero-order valence-corrected chi connectivity index (χ0v) is 11.2. The van der Waals surface area contributed by atoms with E-state index in [-0.39, 0.29) is 0 Å². The predicted molar refractivity (Wildman–Crippen MR) is 73.4 cm³/mol. The predicted octanol–water partition coefficient (Wildman–Crippen LogP) is 2.00. The van der Waals surface area contributed by atoms with Gasteiger partial charge in [-0.2, -0.15) is 0 Å². The van der Waals surface area contributed by atoms with Gasteiger partial charge in [0.2, 0.25) is 0 Å². The van der Waals surface area contributed by atoms with E-state index in [1.165, 1.54) is 0 Å². The number of likely N-dealkylation sites (tertiary alicyclic amines) is 1. The molecule has 1 aromatic rings. The monoisotopic (exact) mass is 277 g/mol. The first-order valence-corrected chi connectivity index (χ1v) is 6.86. The molecule has 108 valence electrons. The SMILES string of the molecule is O=C(O)C(C(=O)O)C(c1ccccc1)N1CCCCC1. The van der Waals surface area contributed by atoms with Crippen LogP contribution in [-0.2, 0) is 9.59 Å². The van der Waals surface area contributed by atoms with E-state index in [1.807, 2.05) is 23.1 Å². The highest BCUT2D eigenvalue weighted by Gasteiger charge is 2.39. The number of carboxylic acid groups (broad SMARTS) is 2. The second kappa shape index (κ2) is 6.52. The van der Waals surface area contributed by atoms with Crippen molar-refractivity contribution in [2.45, 2.75) is 25.3 Å². The molecular formula is C15H19NO4. The van der Waals surface area contributed by atoms with Crippen LogP contribution in [0.15, 0.2) is 30.3 Å². The fourth-order valence-corrected chi connectivity index (χ4v) is 2.84. The summed E-state index contributed by atoms with van der Waals surface area (Å²) in [4.78, 5) is 24.8. The maximum atomic E-state index is 11.4. The Hall–Kier alpha value is -1.88. The van der Waals surface area contributed by atoms with E-state index in [1.54, 1.807) is 12.1 Å². The minimum Gasteiger partial charge on any atom is -0.481 e. The Bertz CT molecular complexity index is 454. The lowest BCUT2D eigenvalue weighted by Gasteiger charge is -2.36. The van der Waals surface area contributed by atoms with Gasteiger partial charge in [0, 0.05) is 0 Å². The number of rotatable bonds is 5. The number of hydrogen-bond donors (Lipinski definition) is 2. The first kappa shape index (κ1) is 14.5. The topological polar surface area (TPSA) is 77.8 Å². The second-order valence-electron chi connectivity index (χ2n) is 5.11. The number of piperidine rings is 1. The average molecular weight is 277 g/mol. The molecule has 1 saturated heterocycles. The number of carbonyl (C=O) groups is 2. The molecule has 1 unspecified atom stereocenters. The van der Waals surface area contributed by atoms with Crippen molar-refractivity contribution < 1.29 is 19.8 Å². The number of hydrogen-bond acceptors (Lipinski definition) is 3. The smallest absolute Gasteiger partial charge is 0.319 e. The van der Waals surface area contributed by atoms with Gasteiger partial charge in [-0.25, -0.2) is 0 Å². The summed E-state index contributed by atoms with van der Waals surface area (Å²) in [6.45, 7) is 1.49. The molecule has 2 rings (SSSR count). The summed E-state index contributed by atoms with van der Waals surface area (Å²) in [6.07, 6.45) is 3.08. The average Bonchev–Trinajstić information content (AvgIpc) is 2.45. The third-order valence-electron chi connectivity index (χ3n) is 3.77. The van der Waals surface area contributed by atoms with Crippen LogP contribution in [0.2, 0.25) is 0 Å². The van der Waals surface area contributed by atoms with Gasteiger partial charge in [-0.1, -0.05) is 36.8 Å². The summed E-state index contributed by atoms with van der Waals surface area (Å²) in [5.41, 5.74) is 0.754. The molecule has 5 nitrogen and oxygen atoms in total. The van der Waals surface area contributed by atoms with Crippen molar-refractivity contribution in [1.82, 2.24) is 4.90 Å². The number of nitrogens with zero attached hydrogens (tertiary/aromatic N) is 1. The molecule has 0 bridgehead atoms. The van der Waals surface area contributed by atoms with Crippen molar-refractivity contribution in [3.8, 4) is 0 Å². The van der Waals surface area contributed by atoms with E-state index in [0.29, 0.717) is 0 Å². The summed E-state index contributed by atoms with van der Waals surface area (Å²) in [5, 5.41) is 18.6. The van der Waals surface area contributed by atoms with Gasteiger partial charge in [0.15, 0.2) is 5.92 Å². The van der Waals surface area contributed by atoms with Crippen molar-refractivity contribution in [1.29, 1.82) is 0 Å². The standard InChI is InChI=1S/C15H19NO4/c17-14(18)12(15(19)20)13(11-7-3-1-4-8-11)16-9-5-2-6-10-16/h1,3-4,7-8,12-13H,2,5-6,9-10H2,(H,17,18)(H,19,20). The summed E-state index contributed by atoms with van der Waals surface area (Å²) in [5.74, 6) is -4.00. The van der Waals surface area contributed by atoms with Gasteiger partial charge in [0.1, 0.15) is 0 Å². The third-order valence-corrected chi connectivity index (χ3v) is 3.77. The van der Waals surface area contributed by atoms with E-state index < -0.39 is 23.9 Å². The van der Waals surface area contributed by atoms with E-state index in [0.717, 1.165) is 37.9 Å². The molecule has 1 heterocycles. The van der Waals surface area contributed by atoms with Crippen molar-refractivity contribution in [3.05, 3.63) is 35.9 Å². The maximum absolute atomic E-state index is 11.4. The van der Waals surface area contributed by atoms with Gasteiger partial charge < -0.3 is 10.2 Å². The maximum Gasteiger partial charge on any atom is 0.319 e. The lowest BCUT2D eigenvalue weighted by molar-refractivity contribution is -0.158.